The number of carbonyl (C=O) groups is 1. The summed E-state index contributed by atoms with van der Waals surface area (Å²) in [5.74, 6) is 0.0458. The lowest BCUT2D eigenvalue weighted by molar-refractivity contribution is -0.155. The zero-order valence-corrected chi connectivity index (χ0v) is 8.82. The molecule has 0 amide bonds. The molecule has 1 aliphatic heterocycles. The van der Waals surface area contributed by atoms with Crippen LogP contribution < -0.4 is 5.32 Å². The second-order valence-electron chi connectivity index (χ2n) is 3.89. The average Bonchev–Trinajstić information content (AvgIpc) is 2.17. The molecule has 1 saturated heterocycles. The predicted molar refractivity (Wildman–Crippen MR) is 52.8 cm³/mol. The number of carbonyl (C=O) groups excluding carboxylic acids is 1. The fourth-order valence-electron chi connectivity index (χ4n) is 1.78. The van der Waals surface area contributed by atoms with Crippen LogP contribution >= 0.6 is 0 Å². The van der Waals surface area contributed by atoms with Gasteiger partial charge in [0, 0.05) is 6.04 Å². The SMILES string of the molecule is CCOC(=O)C(O)C1CC(C)CCN1. The Morgan fingerprint density at radius 2 is 2.43 bits per heavy atom. The Morgan fingerprint density at radius 3 is 3.00 bits per heavy atom. The number of nitrogens with one attached hydrogen (secondary N) is 1. The maximum absolute atomic E-state index is 11.2. The van der Waals surface area contributed by atoms with E-state index in [1.807, 2.05) is 0 Å². The summed E-state index contributed by atoms with van der Waals surface area (Å²) in [6, 6.07) is -0.141. The molecule has 0 aromatic carbocycles. The van der Waals surface area contributed by atoms with Crippen LogP contribution in [-0.2, 0) is 9.53 Å². The summed E-state index contributed by atoms with van der Waals surface area (Å²) in [5, 5.41) is 12.8. The topological polar surface area (TPSA) is 58.6 Å². The monoisotopic (exact) mass is 201 g/mol. The van der Waals surface area contributed by atoms with Crippen LogP contribution in [0.4, 0.5) is 0 Å². The fraction of sp³-hybridized carbons (Fsp3) is 0.900. The van der Waals surface area contributed by atoms with E-state index in [0.717, 1.165) is 19.4 Å². The van der Waals surface area contributed by atoms with Crippen molar-refractivity contribution >= 4 is 5.97 Å². The van der Waals surface area contributed by atoms with Gasteiger partial charge in [-0.1, -0.05) is 6.92 Å². The minimum atomic E-state index is -1.02. The van der Waals surface area contributed by atoms with Gasteiger partial charge >= 0.3 is 5.97 Å². The molecule has 1 rings (SSSR count). The third-order valence-electron chi connectivity index (χ3n) is 2.61. The summed E-state index contributed by atoms with van der Waals surface area (Å²) in [6.45, 7) is 5.05. The predicted octanol–water partition coefficient (Wildman–Crippen LogP) is 0.298. The number of aliphatic hydroxyl groups excluding tert-OH is 1. The van der Waals surface area contributed by atoms with Crippen molar-refractivity contribution in [3.8, 4) is 0 Å². The van der Waals surface area contributed by atoms with Crippen molar-refractivity contribution in [2.45, 2.75) is 38.8 Å². The normalized spacial score (nSPS) is 29.6. The van der Waals surface area contributed by atoms with Crippen molar-refractivity contribution in [2.24, 2.45) is 5.92 Å². The van der Waals surface area contributed by atoms with E-state index in [4.69, 9.17) is 4.74 Å². The molecule has 1 fully saturated rings. The molecule has 3 unspecified atom stereocenters. The minimum absolute atomic E-state index is 0.141. The molecular weight excluding hydrogens is 182 g/mol. The maximum atomic E-state index is 11.2. The van der Waals surface area contributed by atoms with Crippen LogP contribution in [0.5, 0.6) is 0 Å². The smallest absolute Gasteiger partial charge is 0.336 e. The van der Waals surface area contributed by atoms with E-state index in [-0.39, 0.29) is 6.04 Å². The van der Waals surface area contributed by atoms with Crippen molar-refractivity contribution in [2.75, 3.05) is 13.2 Å². The Morgan fingerprint density at radius 1 is 1.71 bits per heavy atom. The standard InChI is InChI=1S/C10H19NO3/c1-3-14-10(13)9(12)8-6-7(2)4-5-11-8/h7-9,11-12H,3-6H2,1-2H3. The molecule has 2 N–H and O–H groups in total. The van der Waals surface area contributed by atoms with Crippen molar-refractivity contribution < 1.29 is 14.6 Å². The second kappa shape index (κ2) is 5.32. The molecule has 3 atom stereocenters. The zero-order chi connectivity index (χ0) is 10.6. The van der Waals surface area contributed by atoms with Crippen LogP contribution in [0.2, 0.25) is 0 Å². The summed E-state index contributed by atoms with van der Waals surface area (Å²) in [4.78, 5) is 11.2. The number of aliphatic hydroxyl groups is 1. The van der Waals surface area contributed by atoms with Crippen LogP contribution in [0.1, 0.15) is 26.7 Å². The van der Waals surface area contributed by atoms with Crippen molar-refractivity contribution in [1.29, 1.82) is 0 Å². The Bertz CT molecular complexity index is 196. The first kappa shape index (κ1) is 11.5. The van der Waals surface area contributed by atoms with Gasteiger partial charge in [0.15, 0.2) is 6.10 Å². The number of piperidine rings is 1. The van der Waals surface area contributed by atoms with Gasteiger partial charge in [-0.3, -0.25) is 0 Å². The van der Waals surface area contributed by atoms with Crippen LogP contribution in [0, 0.1) is 5.92 Å². The van der Waals surface area contributed by atoms with Crippen LogP contribution in [0.15, 0.2) is 0 Å². The number of esters is 1. The highest BCUT2D eigenvalue weighted by Gasteiger charge is 2.30. The largest absolute Gasteiger partial charge is 0.464 e. The van der Waals surface area contributed by atoms with E-state index in [1.165, 1.54) is 0 Å². The van der Waals surface area contributed by atoms with E-state index in [2.05, 4.69) is 12.2 Å². The Kier molecular flexibility index (Phi) is 4.35. The molecule has 1 heterocycles. The summed E-state index contributed by atoms with van der Waals surface area (Å²) in [6.07, 6.45) is 0.921. The molecule has 0 saturated carbocycles. The molecular formula is C10H19NO3. The molecule has 0 bridgehead atoms. The molecule has 0 aliphatic carbocycles. The first-order valence-corrected chi connectivity index (χ1v) is 5.23. The first-order valence-electron chi connectivity index (χ1n) is 5.23. The van der Waals surface area contributed by atoms with Crippen molar-refractivity contribution in [3.05, 3.63) is 0 Å². The number of hydrogen-bond acceptors (Lipinski definition) is 4. The number of rotatable bonds is 3. The van der Waals surface area contributed by atoms with E-state index < -0.39 is 12.1 Å². The zero-order valence-electron chi connectivity index (χ0n) is 8.82. The highest BCUT2D eigenvalue weighted by atomic mass is 16.5. The van der Waals surface area contributed by atoms with Gasteiger partial charge in [0.25, 0.3) is 0 Å². The molecule has 14 heavy (non-hydrogen) atoms. The van der Waals surface area contributed by atoms with Gasteiger partial charge in [0.2, 0.25) is 0 Å². The highest BCUT2D eigenvalue weighted by Crippen LogP contribution is 2.17. The van der Waals surface area contributed by atoms with Gasteiger partial charge < -0.3 is 15.2 Å². The van der Waals surface area contributed by atoms with Gasteiger partial charge in [0.1, 0.15) is 0 Å². The lowest BCUT2D eigenvalue weighted by Gasteiger charge is -2.30. The highest BCUT2D eigenvalue weighted by molar-refractivity contribution is 5.75. The average molecular weight is 201 g/mol. The first-order chi connectivity index (χ1) is 6.65. The molecule has 4 heteroatoms. The van der Waals surface area contributed by atoms with E-state index in [9.17, 15) is 9.90 Å². The van der Waals surface area contributed by atoms with Crippen LogP contribution in [-0.4, -0.2) is 36.4 Å². The summed E-state index contributed by atoms with van der Waals surface area (Å²) in [5.41, 5.74) is 0. The molecule has 0 aromatic heterocycles. The summed E-state index contributed by atoms with van der Waals surface area (Å²) in [7, 11) is 0. The molecule has 0 aromatic rings. The molecule has 4 nitrogen and oxygen atoms in total. The Balaban J connectivity index is 2.42. The minimum Gasteiger partial charge on any atom is -0.464 e. The maximum Gasteiger partial charge on any atom is 0.336 e. The molecule has 0 spiro atoms. The Hall–Kier alpha value is -0.610. The summed E-state index contributed by atoms with van der Waals surface area (Å²) >= 11 is 0. The number of ether oxygens (including phenoxy) is 1. The van der Waals surface area contributed by atoms with E-state index in [0.29, 0.717) is 12.5 Å². The molecule has 82 valence electrons. The van der Waals surface area contributed by atoms with Gasteiger partial charge in [0.05, 0.1) is 6.61 Å². The van der Waals surface area contributed by atoms with Gasteiger partial charge in [-0.2, -0.15) is 0 Å². The fourth-order valence-corrected chi connectivity index (χ4v) is 1.78. The molecule has 0 radical (unpaired) electrons. The van der Waals surface area contributed by atoms with Crippen LogP contribution in [0.25, 0.3) is 0 Å². The van der Waals surface area contributed by atoms with Gasteiger partial charge in [-0.15, -0.1) is 0 Å². The van der Waals surface area contributed by atoms with Gasteiger partial charge in [-0.25, -0.2) is 4.79 Å². The van der Waals surface area contributed by atoms with Crippen molar-refractivity contribution in [1.82, 2.24) is 5.32 Å². The van der Waals surface area contributed by atoms with Crippen molar-refractivity contribution in [3.63, 3.8) is 0 Å². The third kappa shape index (κ3) is 2.96. The lowest BCUT2D eigenvalue weighted by atomic mass is 9.91. The Labute approximate surface area is 84.6 Å². The number of hydrogen-bond donors (Lipinski definition) is 2. The van der Waals surface area contributed by atoms with Crippen LogP contribution in [0.3, 0.4) is 0 Å². The van der Waals surface area contributed by atoms with E-state index in [1.54, 1.807) is 6.92 Å². The third-order valence-corrected chi connectivity index (χ3v) is 2.61. The summed E-state index contributed by atoms with van der Waals surface area (Å²) < 4.78 is 4.76. The van der Waals surface area contributed by atoms with Gasteiger partial charge in [-0.05, 0) is 32.2 Å². The second-order valence-corrected chi connectivity index (χ2v) is 3.89. The lowest BCUT2D eigenvalue weighted by Crippen LogP contribution is -2.49. The quantitative estimate of drug-likeness (QED) is 0.645. The molecule has 1 aliphatic rings. The van der Waals surface area contributed by atoms with E-state index >= 15 is 0 Å².